The van der Waals surface area contributed by atoms with E-state index in [1.54, 1.807) is 57.2 Å². The van der Waals surface area contributed by atoms with E-state index >= 15 is 0 Å². The van der Waals surface area contributed by atoms with Gasteiger partial charge in [-0.25, -0.2) is 9.97 Å². The third-order valence-corrected chi connectivity index (χ3v) is 11.1. The van der Waals surface area contributed by atoms with Crippen molar-refractivity contribution in [1.82, 2.24) is 36.1 Å². The molecule has 2 heterocycles. The Kier molecular flexibility index (Phi) is 17.1. The predicted molar refractivity (Wildman–Crippen MR) is 253 cm³/mol. The monoisotopic (exact) mass is 917 g/mol. The van der Waals surface area contributed by atoms with Crippen molar-refractivity contribution in [3.63, 3.8) is 0 Å². The zero-order valence-electron chi connectivity index (χ0n) is 39.4. The number of nitrogens with one attached hydrogen (secondary N) is 4. The average Bonchev–Trinajstić information content (AvgIpc) is 3.28. The number of carbonyl (C=O) groups is 5. The van der Waals surface area contributed by atoms with Gasteiger partial charge in [0, 0.05) is 48.4 Å². The molecule has 4 bridgehead atoms. The van der Waals surface area contributed by atoms with E-state index in [1.807, 2.05) is 30.3 Å². The standard InChI is InChI=1S/C49H63N11O7/c1-27(52)25-66-40-15-9-31-21-35(40)36-23-33(12-16-41(36)67-26-28(2)53)42(47(64)57-30(4)44(61)59-39(22-31)46(63)54-20-19-51)60(8)48(65)38(17-18-50)58-45(62)37-24-55-43(56-29(37)3)32-10-13-34(14-11-32)49(5,6)7/h9-16,21,23-24,27-28,30,38-39,42H,17-18,20,22,25-26,50,52-53H2,1-8H3,(H,54,63)(H,57,64)(H,58,62)(H,59,61)/t27-,28-,30-,38-,39-,42-/m0/s1. The first kappa shape index (κ1) is 51.1. The van der Waals surface area contributed by atoms with Crippen LogP contribution in [0.2, 0.25) is 0 Å². The highest BCUT2D eigenvalue weighted by Crippen LogP contribution is 2.40. The number of hydrogen-bond donors (Lipinski definition) is 7. The van der Waals surface area contributed by atoms with E-state index in [1.165, 1.54) is 25.1 Å². The molecule has 67 heavy (non-hydrogen) atoms. The Labute approximate surface area is 391 Å². The lowest BCUT2D eigenvalue weighted by atomic mass is 9.87. The van der Waals surface area contributed by atoms with Crippen LogP contribution in [0.15, 0.2) is 66.9 Å². The fourth-order valence-electron chi connectivity index (χ4n) is 7.42. The van der Waals surface area contributed by atoms with Gasteiger partial charge in [0.25, 0.3) is 5.91 Å². The fraction of sp³-hybridized carbons (Fsp3) is 0.429. The van der Waals surface area contributed by atoms with Gasteiger partial charge >= 0.3 is 0 Å². The van der Waals surface area contributed by atoms with Gasteiger partial charge in [-0.1, -0.05) is 57.2 Å². The van der Waals surface area contributed by atoms with Crippen molar-refractivity contribution in [3.05, 3.63) is 94.8 Å². The topological polar surface area (TPSA) is 283 Å². The van der Waals surface area contributed by atoms with Gasteiger partial charge in [-0.15, -0.1) is 0 Å². The van der Waals surface area contributed by atoms with Gasteiger partial charge in [0.2, 0.25) is 23.6 Å². The molecule has 0 radical (unpaired) electrons. The molecule has 1 aliphatic heterocycles. The fourth-order valence-corrected chi connectivity index (χ4v) is 7.42. The number of nitriles is 1. The number of likely N-dealkylation sites (N-methyl/N-ethyl adjacent to an activating group) is 1. The summed E-state index contributed by atoms with van der Waals surface area (Å²) in [5.41, 5.74) is 22.5. The Balaban J connectivity index is 1.58. The second-order valence-corrected chi connectivity index (χ2v) is 18.0. The van der Waals surface area contributed by atoms with Gasteiger partial charge < -0.3 is 52.8 Å². The number of rotatable bonds is 15. The molecule has 1 aliphatic rings. The predicted octanol–water partition coefficient (Wildman–Crippen LogP) is 2.70. The quantitative estimate of drug-likeness (QED) is 0.0846. The molecular formula is C49H63N11O7. The minimum Gasteiger partial charge on any atom is -0.491 e. The summed E-state index contributed by atoms with van der Waals surface area (Å²) in [6, 6.07) is 14.2. The number of nitrogens with two attached hydrogens (primary N) is 3. The maximum absolute atomic E-state index is 14.7. The Bertz CT molecular complexity index is 2480. The minimum atomic E-state index is -1.41. The molecule has 0 spiro atoms. The first-order valence-corrected chi connectivity index (χ1v) is 22.2. The summed E-state index contributed by atoms with van der Waals surface area (Å²) in [5.74, 6) is -2.19. The molecular weight excluding hydrogens is 855 g/mol. The van der Waals surface area contributed by atoms with E-state index in [9.17, 15) is 29.2 Å². The van der Waals surface area contributed by atoms with Gasteiger partial charge in [-0.3, -0.25) is 24.0 Å². The number of hydrogen-bond acceptors (Lipinski definition) is 13. The van der Waals surface area contributed by atoms with Crippen LogP contribution in [0.25, 0.3) is 22.5 Å². The number of aryl methyl sites for hydroxylation is 1. The Morgan fingerprint density at radius 2 is 1.57 bits per heavy atom. The maximum atomic E-state index is 14.7. The van der Waals surface area contributed by atoms with E-state index in [4.69, 9.17) is 26.7 Å². The summed E-state index contributed by atoms with van der Waals surface area (Å²) in [7, 11) is 1.41. The average molecular weight is 918 g/mol. The summed E-state index contributed by atoms with van der Waals surface area (Å²) in [6.45, 7) is 13.0. The summed E-state index contributed by atoms with van der Waals surface area (Å²) >= 11 is 0. The molecule has 4 aromatic rings. The first-order valence-electron chi connectivity index (χ1n) is 22.2. The first-order chi connectivity index (χ1) is 31.7. The van der Waals surface area contributed by atoms with Crippen molar-refractivity contribution < 1.29 is 33.4 Å². The molecule has 18 heteroatoms. The highest BCUT2D eigenvalue weighted by Gasteiger charge is 2.36. The molecule has 5 amide bonds. The zero-order chi connectivity index (χ0) is 49.2. The molecule has 1 aromatic heterocycles. The molecule has 0 fully saturated rings. The largest absolute Gasteiger partial charge is 0.491 e. The van der Waals surface area contributed by atoms with Crippen LogP contribution in [0, 0.1) is 18.3 Å². The normalized spacial score (nSPS) is 17.6. The highest BCUT2D eigenvalue weighted by atomic mass is 16.5. The van der Waals surface area contributed by atoms with Crippen LogP contribution in [0.1, 0.15) is 86.7 Å². The number of aromatic nitrogens is 2. The summed E-state index contributed by atoms with van der Waals surface area (Å²) in [5, 5.41) is 19.9. The van der Waals surface area contributed by atoms with Crippen LogP contribution < -0.4 is 47.9 Å². The number of ether oxygens (including phenoxy) is 2. The molecule has 6 atom stereocenters. The molecule has 356 valence electrons. The number of benzene rings is 3. The third kappa shape index (κ3) is 13.1. The molecule has 5 rings (SSSR count). The van der Waals surface area contributed by atoms with E-state index < -0.39 is 53.7 Å². The lowest BCUT2D eigenvalue weighted by Gasteiger charge is -2.32. The van der Waals surface area contributed by atoms with Crippen molar-refractivity contribution in [2.45, 2.75) is 103 Å². The van der Waals surface area contributed by atoms with Gasteiger partial charge in [0.05, 0.1) is 17.3 Å². The third-order valence-electron chi connectivity index (χ3n) is 11.1. The molecule has 0 saturated carbocycles. The summed E-state index contributed by atoms with van der Waals surface area (Å²) in [4.78, 5) is 80.7. The molecule has 0 saturated heterocycles. The highest BCUT2D eigenvalue weighted by molar-refractivity contribution is 6.00. The van der Waals surface area contributed by atoms with Gasteiger partial charge in [0.1, 0.15) is 55.4 Å². The number of amides is 5. The lowest BCUT2D eigenvalue weighted by Crippen LogP contribution is -2.56. The van der Waals surface area contributed by atoms with Crippen molar-refractivity contribution in [2.75, 3.05) is 33.4 Å². The summed E-state index contributed by atoms with van der Waals surface area (Å²) in [6.07, 6.45) is 1.40. The Morgan fingerprint density at radius 1 is 0.940 bits per heavy atom. The summed E-state index contributed by atoms with van der Waals surface area (Å²) < 4.78 is 12.4. The Hall–Kier alpha value is -6.94. The molecule has 18 nitrogen and oxygen atoms in total. The van der Waals surface area contributed by atoms with Crippen LogP contribution in [0.3, 0.4) is 0 Å². The number of fused-ring (bicyclic) bond motifs is 5. The second kappa shape index (κ2) is 22.5. The van der Waals surface area contributed by atoms with E-state index in [0.29, 0.717) is 45.3 Å². The molecule has 3 aromatic carbocycles. The van der Waals surface area contributed by atoms with Crippen molar-refractivity contribution in [2.24, 2.45) is 17.2 Å². The van der Waals surface area contributed by atoms with Gasteiger partial charge in [-0.2, -0.15) is 5.26 Å². The van der Waals surface area contributed by atoms with Crippen molar-refractivity contribution in [1.29, 1.82) is 5.26 Å². The van der Waals surface area contributed by atoms with Crippen LogP contribution in [0.4, 0.5) is 0 Å². The Morgan fingerprint density at radius 3 is 2.15 bits per heavy atom. The minimum absolute atomic E-state index is 0.00220. The van der Waals surface area contributed by atoms with Crippen molar-refractivity contribution in [3.8, 4) is 40.1 Å². The SMILES string of the molecule is Cc1nc(-c2ccc(C(C)(C)C)cc2)ncc1C(=O)N[C@@H](CCN)C(=O)N(C)[C@@H]1C(=O)N[C@@H](C)C(=O)N[C@H](C(=O)NCC#N)Cc2ccc(OC[C@H](C)N)c(c2)-c2cc1ccc2OC[C@H](C)N. The maximum Gasteiger partial charge on any atom is 0.255 e. The van der Waals surface area contributed by atoms with E-state index in [-0.39, 0.29) is 62.2 Å². The number of nitrogens with zero attached hydrogens (tertiary/aromatic N) is 4. The number of carbonyl (C=O) groups excluding carboxylic acids is 5. The molecule has 0 aliphatic carbocycles. The molecule has 10 N–H and O–H groups in total. The van der Waals surface area contributed by atoms with Gasteiger partial charge in [-0.05, 0) is 87.0 Å². The van der Waals surface area contributed by atoms with Crippen molar-refractivity contribution >= 4 is 29.5 Å². The van der Waals surface area contributed by atoms with Crippen LogP contribution in [-0.2, 0) is 31.0 Å². The van der Waals surface area contributed by atoms with Crippen LogP contribution in [0.5, 0.6) is 11.5 Å². The molecule has 0 unspecified atom stereocenters. The van der Waals surface area contributed by atoms with E-state index in [2.05, 4.69) is 52.0 Å². The zero-order valence-corrected chi connectivity index (χ0v) is 39.4. The van der Waals surface area contributed by atoms with Gasteiger partial charge in [0.15, 0.2) is 5.82 Å². The van der Waals surface area contributed by atoms with E-state index in [0.717, 1.165) is 11.1 Å². The van der Waals surface area contributed by atoms with Crippen LogP contribution >= 0.6 is 0 Å². The lowest BCUT2D eigenvalue weighted by molar-refractivity contribution is -0.141. The second-order valence-electron chi connectivity index (χ2n) is 18.0. The smallest absolute Gasteiger partial charge is 0.255 e. The van der Waals surface area contributed by atoms with Crippen LogP contribution in [-0.4, -0.2) is 108 Å².